The van der Waals surface area contributed by atoms with E-state index in [4.69, 9.17) is 23.2 Å². The summed E-state index contributed by atoms with van der Waals surface area (Å²) in [6, 6.07) is 4.32. The fraction of sp³-hybridized carbons (Fsp3) is 0.417. The molecule has 4 nitrogen and oxygen atoms in total. The number of nitrogens with one attached hydrogen (secondary N) is 1. The first-order valence-corrected chi connectivity index (χ1v) is 8.37. The first kappa shape index (κ1) is 14.8. The second-order valence-electron chi connectivity index (χ2n) is 4.52. The molecule has 1 fully saturated rings. The van der Waals surface area contributed by atoms with E-state index in [-0.39, 0.29) is 29.8 Å². The van der Waals surface area contributed by atoms with Crippen LogP contribution in [-0.4, -0.2) is 38.3 Å². The minimum atomic E-state index is -3.04. The lowest BCUT2D eigenvalue weighted by molar-refractivity contribution is 0.0972. The number of hydrogen-bond acceptors (Lipinski definition) is 4. The first-order chi connectivity index (χ1) is 8.87. The summed E-state index contributed by atoms with van der Waals surface area (Å²) >= 11 is 11.6. The normalized spacial score (nSPS) is 22.1. The molecular weight excluding hydrogens is 309 g/mol. The molecule has 1 saturated heterocycles. The Kier molecular flexibility index (Phi) is 4.50. The maximum Gasteiger partial charge on any atom is 0.164 e. The zero-order chi connectivity index (χ0) is 14.0. The average molecular weight is 322 g/mol. The first-order valence-electron chi connectivity index (χ1n) is 5.79. The van der Waals surface area contributed by atoms with E-state index in [1.807, 2.05) is 0 Å². The van der Waals surface area contributed by atoms with E-state index in [1.165, 1.54) is 6.07 Å². The van der Waals surface area contributed by atoms with Gasteiger partial charge in [0, 0.05) is 24.6 Å². The van der Waals surface area contributed by atoms with Gasteiger partial charge in [0.2, 0.25) is 0 Å². The predicted molar refractivity (Wildman–Crippen MR) is 75.9 cm³/mol. The van der Waals surface area contributed by atoms with Crippen LogP contribution in [-0.2, 0) is 9.84 Å². The van der Waals surface area contributed by atoms with Gasteiger partial charge in [-0.05, 0) is 18.2 Å². The SMILES string of the molecule is O=C(CC1CS(=O)(=O)CCN1)c1ccc(Cl)c(Cl)c1. The number of hydrogen-bond donors (Lipinski definition) is 1. The molecule has 1 unspecified atom stereocenters. The van der Waals surface area contributed by atoms with Crippen molar-refractivity contribution in [1.29, 1.82) is 0 Å². The van der Waals surface area contributed by atoms with Crippen LogP contribution in [0.5, 0.6) is 0 Å². The summed E-state index contributed by atoms with van der Waals surface area (Å²) in [5.74, 6) is -0.0157. The second kappa shape index (κ2) is 5.79. The van der Waals surface area contributed by atoms with Crippen molar-refractivity contribution in [2.75, 3.05) is 18.1 Å². The van der Waals surface area contributed by atoms with Crippen LogP contribution < -0.4 is 5.32 Å². The number of halogens is 2. The van der Waals surface area contributed by atoms with Crippen LogP contribution in [0.15, 0.2) is 18.2 Å². The van der Waals surface area contributed by atoms with Crippen LogP contribution in [0.25, 0.3) is 0 Å². The van der Waals surface area contributed by atoms with Gasteiger partial charge in [0.15, 0.2) is 15.6 Å². The van der Waals surface area contributed by atoms with Gasteiger partial charge in [0.25, 0.3) is 0 Å². The van der Waals surface area contributed by atoms with Gasteiger partial charge >= 0.3 is 0 Å². The molecule has 1 aromatic carbocycles. The third kappa shape index (κ3) is 3.92. The van der Waals surface area contributed by atoms with Crippen LogP contribution >= 0.6 is 23.2 Å². The molecule has 1 N–H and O–H groups in total. The standard InChI is InChI=1S/C12H13Cl2NO3S/c13-10-2-1-8(5-11(10)14)12(16)6-9-7-19(17,18)4-3-15-9/h1-2,5,9,15H,3-4,6-7H2. The number of carbonyl (C=O) groups is 1. The average Bonchev–Trinajstić information content (AvgIpc) is 2.31. The van der Waals surface area contributed by atoms with Crippen molar-refractivity contribution >= 4 is 38.8 Å². The summed E-state index contributed by atoms with van der Waals surface area (Å²) in [6.45, 7) is 0.391. The van der Waals surface area contributed by atoms with Crippen LogP contribution in [0.1, 0.15) is 16.8 Å². The largest absolute Gasteiger partial charge is 0.312 e. The lowest BCUT2D eigenvalue weighted by Crippen LogP contribution is -2.45. The second-order valence-corrected chi connectivity index (χ2v) is 7.56. The van der Waals surface area contributed by atoms with E-state index in [2.05, 4.69) is 5.32 Å². The van der Waals surface area contributed by atoms with E-state index >= 15 is 0 Å². The molecule has 1 aliphatic rings. The molecule has 1 atom stereocenters. The van der Waals surface area contributed by atoms with Crippen molar-refractivity contribution in [2.45, 2.75) is 12.5 Å². The van der Waals surface area contributed by atoms with E-state index in [9.17, 15) is 13.2 Å². The van der Waals surface area contributed by atoms with Gasteiger partial charge in [-0.25, -0.2) is 8.42 Å². The monoisotopic (exact) mass is 321 g/mol. The lowest BCUT2D eigenvalue weighted by atomic mass is 10.0. The van der Waals surface area contributed by atoms with Gasteiger partial charge < -0.3 is 5.32 Å². The summed E-state index contributed by atoms with van der Waals surface area (Å²) in [6.07, 6.45) is 0.136. The molecule has 0 spiro atoms. The quantitative estimate of drug-likeness (QED) is 0.864. The fourth-order valence-electron chi connectivity index (χ4n) is 2.01. The van der Waals surface area contributed by atoms with Crippen molar-refractivity contribution in [3.63, 3.8) is 0 Å². The Morgan fingerprint density at radius 1 is 1.32 bits per heavy atom. The molecule has 1 heterocycles. The van der Waals surface area contributed by atoms with Crippen LogP contribution in [0, 0.1) is 0 Å². The molecule has 0 aromatic heterocycles. The third-order valence-electron chi connectivity index (χ3n) is 2.97. The highest BCUT2D eigenvalue weighted by Crippen LogP contribution is 2.23. The van der Waals surface area contributed by atoms with Gasteiger partial charge in [0.05, 0.1) is 21.6 Å². The number of rotatable bonds is 3. The van der Waals surface area contributed by atoms with Gasteiger partial charge in [-0.2, -0.15) is 0 Å². The minimum Gasteiger partial charge on any atom is -0.312 e. The molecule has 7 heteroatoms. The molecule has 2 rings (SSSR count). The highest BCUT2D eigenvalue weighted by Gasteiger charge is 2.26. The van der Waals surface area contributed by atoms with E-state index in [0.29, 0.717) is 22.2 Å². The molecule has 0 bridgehead atoms. The Balaban J connectivity index is 2.06. The fourth-order valence-corrected chi connectivity index (χ4v) is 3.75. The molecule has 0 amide bonds. The Morgan fingerprint density at radius 2 is 2.05 bits per heavy atom. The number of Topliss-reactive ketones (excluding diaryl/α,β-unsaturated/α-hetero) is 1. The van der Waals surface area contributed by atoms with E-state index < -0.39 is 9.84 Å². The van der Waals surface area contributed by atoms with Gasteiger partial charge in [0.1, 0.15) is 0 Å². The molecule has 19 heavy (non-hydrogen) atoms. The van der Waals surface area contributed by atoms with Crippen molar-refractivity contribution in [2.24, 2.45) is 0 Å². The zero-order valence-electron chi connectivity index (χ0n) is 10.0. The van der Waals surface area contributed by atoms with Crippen molar-refractivity contribution in [1.82, 2.24) is 5.32 Å². The zero-order valence-corrected chi connectivity index (χ0v) is 12.4. The predicted octanol–water partition coefficient (Wildman–Crippen LogP) is 1.95. The van der Waals surface area contributed by atoms with Gasteiger partial charge in [-0.15, -0.1) is 0 Å². The van der Waals surface area contributed by atoms with Crippen LogP contribution in [0.3, 0.4) is 0 Å². The lowest BCUT2D eigenvalue weighted by Gasteiger charge is -2.23. The van der Waals surface area contributed by atoms with Crippen molar-refractivity contribution in [3.05, 3.63) is 33.8 Å². The van der Waals surface area contributed by atoms with Gasteiger partial charge in [-0.3, -0.25) is 4.79 Å². The summed E-state index contributed by atoms with van der Waals surface area (Å²) in [5, 5.41) is 3.74. The van der Waals surface area contributed by atoms with Crippen LogP contribution in [0.2, 0.25) is 10.0 Å². The smallest absolute Gasteiger partial charge is 0.164 e. The number of sulfone groups is 1. The summed E-state index contributed by atoms with van der Waals surface area (Å²) in [7, 11) is -3.04. The summed E-state index contributed by atoms with van der Waals surface area (Å²) in [4.78, 5) is 12.1. The maximum atomic E-state index is 12.1. The van der Waals surface area contributed by atoms with E-state index in [0.717, 1.165) is 0 Å². The minimum absolute atomic E-state index is 0.0000614. The number of ketones is 1. The van der Waals surface area contributed by atoms with Crippen molar-refractivity contribution in [3.8, 4) is 0 Å². The molecule has 0 saturated carbocycles. The molecule has 0 radical (unpaired) electrons. The molecule has 1 aliphatic heterocycles. The van der Waals surface area contributed by atoms with Gasteiger partial charge in [-0.1, -0.05) is 23.2 Å². The van der Waals surface area contributed by atoms with Crippen molar-refractivity contribution < 1.29 is 13.2 Å². The maximum absolute atomic E-state index is 12.1. The number of carbonyl (C=O) groups excluding carboxylic acids is 1. The summed E-state index contributed by atoms with van der Waals surface area (Å²) in [5.41, 5.74) is 0.444. The molecule has 104 valence electrons. The highest BCUT2D eigenvalue weighted by molar-refractivity contribution is 7.91. The van der Waals surface area contributed by atoms with E-state index in [1.54, 1.807) is 12.1 Å². The summed E-state index contributed by atoms with van der Waals surface area (Å²) < 4.78 is 23.0. The Bertz CT molecular complexity index is 601. The Labute approximate surface area is 122 Å². The molecule has 0 aliphatic carbocycles. The number of benzene rings is 1. The Morgan fingerprint density at radius 3 is 2.68 bits per heavy atom. The highest BCUT2D eigenvalue weighted by atomic mass is 35.5. The topological polar surface area (TPSA) is 63.2 Å². The third-order valence-corrected chi connectivity index (χ3v) is 5.45. The molecular formula is C12H13Cl2NO3S. The van der Waals surface area contributed by atoms with Crippen LogP contribution in [0.4, 0.5) is 0 Å². The Hall–Kier alpha value is -0.620. The molecule has 1 aromatic rings.